The fourth-order valence-electron chi connectivity index (χ4n) is 3.84. The van der Waals surface area contributed by atoms with Gasteiger partial charge in [-0.15, -0.1) is 0 Å². The van der Waals surface area contributed by atoms with Crippen LogP contribution in [0.3, 0.4) is 0 Å². The topological polar surface area (TPSA) is 95.2 Å². The van der Waals surface area contributed by atoms with Crippen LogP contribution in [0.5, 0.6) is 0 Å². The summed E-state index contributed by atoms with van der Waals surface area (Å²) in [6.45, 7) is 3.33. The van der Waals surface area contributed by atoms with Gasteiger partial charge in [-0.05, 0) is 48.0 Å². The number of amides is 1. The van der Waals surface area contributed by atoms with Crippen LogP contribution in [0.4, 0.5) is 30.4 Å². The Bertz CT molecular complexity index is 1280. The second-order valence-electron chi connectivity index (χ2n) is 7.88. The number of morpholine rings is 1. The summed E-state index contributed by atoms with van der Waals surface area (Å²) in [7, 11) is 1.92. The minimum atomic E-state index is -4.33. The predicted molar refractivity (Wildman–Crippen MR) is 133 cm³/mol. The minimum Gasteiger partial charge on any atom is -0.386 e. The Balaban J connectivity index is 0.000000200. The number of hydrogen-bond donors (Lipinski definition) is 3. The number of H-pyrrole nitrogens is 1. The van der Waals surface area contributed by atoms with Gasteiger partial charge in [-0.3, -0.25) is 4.79 Å². The number of aromatic nitrogens is 3. The molecule has 0 radical (unpaired) electrons. The van der Waals surface area contributed by atoms with E-state index >= 15 is 0 Å². The average molecular weight is 499 g/mol. The third-order valence-electron chi connectivity index (χ3n) is 5.67. The molecule has 36 heavy (non-hydrogen) atoms. The molecular formula is C25H25F3N6O2. The maximum absolute atomic E-state index is 12.0. The molecule has 4 heterocycles. The summed E-state index contributed by atoms with van der Waals surface area (Å²) in [4.78, 5) is 24.4. The monoisotopic (exact) mass is 498 g/mol. The van der Waals surface area contributed by atoms with E-state index in [1.165, 1.54) is 12.1 Å². The third kappa shape index (κ3) is 5.74. The van der Waals surface area contributed by atoms with Crippen molar-refractivity contribution in [3.8, 4) is 11.1 Å². The lowest BCUT2D eigenvalue weighted by Gasteiger charge is -2.27. The van der Waals surface area contributed by atoms with Crippen molar-refractivity contribution < 1.29 is 22.7 Å². The molecule has 3 aromatic heterocycles. The van der Waals surface area contributed by atoms with Gasteiger partial charge >= 0.3 is 6.18 Å². The van der Waals surface area contributed by atoms with Gasteiger partial charge in [-0.25, -0.2) is 9.97 Å². The van der Waals surface area contributed by atoms with Crippen LogP contribution in [0, 0.1) is 0 Å². The molecule has 1 fully saturated rings. The number of nitrogens with one attached hydrogen (secondary N) is 3. The van der Waals surface area contributed by atoms with Gasteiger partial charge in [-0.2, -0.15) is 13.2 Å². The molecule has 0 bridgehead atoms. The molecule has 4 aromatic rings. The summed E-state index contributed by atoms with van der Waals surface area (Å²) in [5.74, 6) is 1.00. The molecule has 8 nitrogen and oxygen atoms in total. The standard InChI is InChI=1S/C17H19N5O.C8H6F3NO/c1-18-14-11-21-17-16(14)13(4-5-19-17)12-2-3-15(20-10-12)22-6-8-23-9-7-22;9-8(10,11)6-1-3-7(4-2-6)12-5-13/h2-5,10-11,18H,6-9H2,1H3,(H,19,21);1-5H,(H,12,13). The number of halogens is 3. The number of fused-ring (bicyclic) bond motifs is 1. The first-order valence-corrected chi connectivity index (χ1v) is 11.2. The second kappa shape index (κ2) is 11.1. The Hall–Kier alpha value is -4.12. The Morgan fingerprint density at radius 1 is 1.06 bits per heavy atom. The zero-order valence-corrected chi connectivity index (χ0v) is 19.5. The summed E-state index contributed by atoms with van der Waals surface area (Å²) < 4.78 is 41.4. The van der Waals surface area contributed by atoms with Crippen LogP contribution in [0.25, 0.3) is 22.2 Å². The fraction of sp³-hybridized carbons (Fsp3) is 0.240. The van der Waals surface area contributed by atoms with E-state index in [1.807, 2.05) is 31.7 Å². The van der Waals surface area contributed by atoms with Crippen LogP contribution in [0.15, 0.2) is 61.1 Å². The van der Waals surface area contributed by atoms with Crippen molar-refractivity contribution in [2.24, 2.45) is 0 Å². The largest absolute Gasteiger partial charge is 0.416 e. The van der Waals surface area contributed by atoms with Crippen LogP contribution < -0.4 is 15.5 Å². The van der Waals surface area contributed by atoms with E-state index in [9.17, 15) is 18.0 Å². The molecule has 0 aliphatic carbocycles. The zero-order chi connectivity index (χ0) is 25.5. The molecule has 188 valence electrons. The van der Waals surface area contributed by atoms with Crippen LogP contribution >= 0.6 is 0 Å². The molecule has 1 saturated heterocycles. The number of hydrogen-bond acceptors (Lipinski definition) is 6. The minimum absolute atomic E-state index is 0.336. The Morgan fingerprint density at radius 3 is 2.42 bits per heavy atom. The second-order valence-corrected chi connectivity index (χ2v) is 7.88. The smallest absolute Gasteiger partial charge is 0.386 e. The number of ether oxygens (including phenoxy) is 1. The third-order valence-corrected chi connectivity index (χ3v) is 5.67. The van der Waals surface area contributed by atoms with E-state index in [4.69, 9.17) is 4.74 Å². The molecule has 0 unspecified atom stereocenters. The van der Waals surface area contributed by atoms with E-state index < -0.39 is 11.7 Å². The quantitative estimate of drug-likeness (QED) is 0.343. The van der Waals surface area contributed by atoms with E-state index in [0.29, 0.717) is 12.1 Å². The highest BCUT2D eigenvalue weighted by Gasteiger charge is 2.29. The first-order valence-electron chi connectivity index (χ1n) is 11.2. The highest BCUT2D eigenvalue weighted by molar-refractivity contribution is 6.02. The predicted octanol–water partition coefficient (Wildman–Crippen LogP) is 4.78. The lowest BCUT2D eigenvalue weighted by molar-refractivity contribution is -0.137. The normalized spacial score (nSPS) is 13.6. The van der Waals surface area contributed by atoms with Gasteiger partial charge in [0.15, 0.2) is 0 Å². The molecule has 5 rings (SSSR count). The van der Waals surface area contributed by atoms with Gasteiger partial charge in [0, 0.05) is 55.4 Å². The number of anilines is 3. The van der Waals surface area contributed by atoms with E-state index in [1.54, 1.807) is 0 Å². The van der Waals surface area contributed by atoms with E-state index in [-0.39, 0.29) is 0 Å². The number of carbonyl (C=O) groups excluding carboxylic acids is 1. The number of pyridine rings is 2. The summed E-state index contributed by atoms with van der Waals surface area (Å²) in [5.41, 5.74) is 3.74. The van der Waals surface area contributed by atoms with E-state index in [0.717, 1.165) is 72.1 Å². The van der Waals surface area contributed by atoms with Gasteiger partial charge in [0.1, 0.15) is 11.5 Å². The number of nitrogens with zero attached hydrogens (tertiary/aromatic N) is 3. The maximum atomic E-state index is 12.0. The molecular weight excluding hydrogens is 473 g/mol. The number of benzene rings is 1. The molecule has 0 saturated carbocycles. The van der Waals surface area contributed by atoms with Crippen LogP contribution in [0.1, 0.15) is 5.56 Å². The highest BCUT2D eigenvalue weighted by atomic mass is 19.4. The summed E-state index contributed by atoms with van der Waals surface area (Å²) in [6, 6.07) is 10.4. The van der Waals surface area contributed by atoms with Gasteiger partial charge in [0.05, 0.1) is 24.5 Å². The zero-order valence-electron chi connectivity index (χ0n) is 19.5. The number of alkyl halides is 3. The van der Waals surface area contributed by atoms with Crippen molar-refractivity contribution in [2.45, 2.75) is 6.18 Å². The first kappa shape index (κ1) is 25.0. The van der Waals surface area contributed by atoms with Crippen molar-refractivity contribution in [3.63, 3.8) is 0 Å². The maximum Gasteiger partial charge on any atom is 0.416 e. The Morgan fingerprint density at radius 2 is 1.81 bits per heavy atom. The summed E-state index contributed by atoms with van der Waals surface area (Å²) in [5, 5.41) is 6.54. The number of rotatable bonds is 5. The summed E-state index contributed by atoms with van der Waals surface area (Å²) in [6.07, 6.45) is 1.77. The van der Waals surface area contributed by atoms with Crippen molar-refractivity contribution in [3.05, 3.63) is 66.6 Å². The lowest BCUT2D eigenvalue weighted by Crippen LogP contribution is -2.36. The van der Waals surface area contributed by atoms with Crippen molar-refractivity contribution in [2.75, 3.05) is 48.9 Å². The van der Waals surface area contributed by atoms with Gasteiger partial charge in [0.2, 0.25) is 6.41 Å². The van der Waals surface area contributed by atoms with E-state index in [2.05, 4.69) is 42.6 Å². The lowest BCUT2D eigenvalue weighted by atomic mass is 10.0. The fourth-order valence-corrected chi connectivity index (χ4v) is 3.84. The van der Waals surface area contributed by atoms with Gasteiger partial charge in [-0.1, -0.05) is 0 Å². The molecule has 1 aliphatic rings. The van der Waals surface area contributed by atoms with Crippen molar-refractivity contribution in [1.82, 2.24) is 15.0 Å². The molecule has 1 amide bonds. The van der Waals surface area contributed by atoms with Crippen LogP contribution in [-0.4, -0.2) is 54.7 Å². The van der Waals surface area contributed by atoms with Crippen LogP contribution in [-0.2, 0) is 15.7 Å². The highest BCUT2D eigenvalue weighted by Crippen LogP contribution is 2.33. The first-order chi connectivity index (χ1) is 17.4. The van der Waals surface area contributed by atoms with Crippen LogP contribution in [0.2, 0.25) is 0 Å². The molecule has 0 atom stereocenters. The Kier molecular flexibility index (Phi) is 7.69. The Labute approximate surface area is 205 Å². The van der Waals surface area contributed by atoms with Crippen molar-refractivity contribution in [1.29, 1.82) is 0 Å². The SMILES string of the molecule is CNc1c[nH]c2nccc(-c3ccc(N4CCOCC4)nc3)c12.O=CNc1ccc(C(F)(F)F)cc1. The van der Waals surface area contributed by atoms with Gasteiger partial charge in [0.25, 0.3) is 0 Å². The van der Waals surface area contributed by atoms with Crippen molar-refractivity contribution >= 4 is 34.6 Å². The molecule has 3 N–H and O–H groups in total. The average Bonchev–Trinajstić information content (AvgIpc) is 3.33. The number of carbonyl (C=O) groups is 1. The van der Waals surface area contributed by atoms with Gasteiger partial charge < -0.3 is 25.3 Å². The summed E-state index contributed by atoms with van der Waals surface area (Å²) >= 11 is 0. The molecule has 1 aliphatic heterocycles. The number of aromatic amines is 1. The molecule has 11 heteroatoms. The molecule has 0 spiro atoms. The molecule has 1 aromatic carbocycles.